The number of pyridine rings is 2. The summed E-state index contributed by atoms with van der Waals surface area (Å²) in [6, 6.07) is 5.67. The molecule has 0 bridgehead atoms. The van der Waals surface area contributed by atoms with Gasteiger partial charge in [-0.15, -0.1) is 13.2 Å². The van der Waals surface area contributed by atoms with Crippen molar-refractivity contribution in [2.45, 2.75) is 18.4 Å². The van der Waals surface area contributed by atoms with Crippen molar-refractivity contribution in [1.82, 2.24) is 14.9 Å². The topological polar surface area (TPSA) is 82.5 Å². The molecule has 1 fully saturated rings. The Kier molecular flexibility index (Phi) is 6.33. The molecule has 1 N–H and O–H groups in total. The highest BCUT2D eigenvalue weighted by Crippen LogP contribution is 2.30. The second-order valence-corrected chi connectivity index (χ2v) is 7.37. The Hall–Kier alpha value is -3.80. The molecule has 0 aliphatic carbocycles. The molecule has 0 saturated carbocycles. The summed E-state index contributed by atoms with van der Waals surface area (Å²) < 4.78 is 76.3. The van der Waals surface area contributed by atoms with Gasteiger partial charge in [-0.2, -0.15) is 0 Å². The molecule has 1 saturated heterocycles. The third-order valence-electron chi connectivity index (χ3n) is 5.06. The molecule has 1 aromatic carbocycles. The molecule has 1 atom stereocenters. The van der Waals surface area contributed by atoms with Crippen molar-refractivity contribution < 1.29 is 36.2 Å². The first kappa shape index (κ1) is 23.4. The van der Waals surface area contributed by atoms with Crippen LogP contribution in [-0.2, 0) is 4.74 Å². The van der Waals surface area contributed by atoms with Crippen LogP contribution in [0.4, 0.5) is 22.0 Å². The van der Waals surface area contributed by atoms with E-state index in [1.54, 1.807) is 0 Å². The number of carbonyl (C=O) groups is 1. The van der Waals surface area contributed by atoms with E-state index in [1.807, 2.05) is 0 Å². The molecule has 0 unspecified atom stereocenters. The average molecular weight is 481 g/mol. The number of hydrogen-bond acceptors (Lipinski definition) is 5. The standard InChI is InChI=1S/C22H16F5N3O4/c23-15-2-1-7-28-20(15)19(12-3-5-17(16(24)8-12)34-22(25,26)27)29-21(32)13-4-6-18(31)30(9-13)14-10-33-11-14/h1-9,14,19H,10-11H2,(H,29,32)/t19-/m0/s1. The minimum absolute atomic E-state index is 0.0466. The van der Waals surface area contributed by atoms with E-state index in [1.165, 1.54) is 35.2 Å². The van der Waals surface area contributed by atoms with E-state index < -0.39 is 35.7 Å². The van der Waals surface area contributed by atoms with Crippen molar-refractivity contribution >= 4 is 5.91 Å². The lowest BCUT2D eigenvalue weighted by Crippen LogP contribution is -2.38. The van der Waals surface area contributed by atoms with E-state index >= 15 is 0 Å². The van der Waals surface area contributed by atoms with Crippen LogP contribution in [0.3, 0.4) is 0 Å². The number of nitrogens with zero attached hydrogens (tertiary/aromatic N) is 2. The number of hydrogen-bond donors (Lipinski definition) is 1. The van der Waals surface area contributed by atoms with Crippen LogP contribution in [0.25, 0.3) is 0 Å². The van der Waals surface area contributed by atoms with Crippen LogP contribution < -0.4 is 15.6 Å². The summed E-state index contributed by atoms with van der Waals surface area (Å²) in [5, 5.41) is 2.51. The number of amides is 1. The summed E-state index contributed by atoms with van der Waals surface area (Å²) in [5.74, 6) is -4.04. The number of carbonyl (C=O) groups excluding carboxylic acids is 1. The average Bonchev–Trinajstić information content (AvgIpc) is 2.73. The molecule has 0 radical (unpaired) electrons. The molecular formula is C22H16F5N3O4. The number of rotatable bonds is 6. The van der Waals surface area contributed by atoms with E-state index in [4.69, 9.17) is 4.74 Å². The largest absolute Gasteiger partial charge is 0.573 e. The monoisotopic (exact) mass is 481 g/mol. The van der Waals surface area contributed by atoms with Gasteiger partial charge in [-0.05, 0) is 35.9 Å². The predicted molar refractivity (Wildman–Crippen MR) is 107 cm³/mol. The minimum atomic E-state index is -5.11. The van der Waals surface area contributed by atoms with E-state index in [-0.39, 0.29) is 28.4 Å². The molecule has 3 heterocycles. The number of halogens is 5. The molecular weight excluding hydrogens is 465 g/mol. The summed E-state index contributed by atoms with van der Waals surface area (Å²) in [5.41, 5.74) is -0.677. The minimum Gasteiger partial charge on any atom is -0.403 e. The lowest BCUT2D eigenvalue weighted by molar-refractivity contribution is -0.275. The van der Waals surface area contributed by atoms with Gasteiger partial charge < -0.3 is 19.4 Å². The molecule has 7 nitrogen and oxygen atoms in total. The Balaban J connectivity index is 1.68. The maximum atomic E-state index is 14.5. The van der Waals surface area contributed by atoms with Crippen LogP contribution >= 0.6 is 0 Å². The van der Waals surface area contributed by atoms with Gasteiger partial charge in [0.15, 0.2) is 11.6 Å². The van der Waals surface area contributed by atoms with Crippen LogP contribution in [0.5, 0.6) is 5.75 Å². The van der Waals surface area contributed by atoms with Crippen molar-refractivity contribution in [3.63, 3.8) is 0 Å². The first-order chi connectivity index (χ1) is 16.1. The maximum Gasteiger partial charge on any atom is 0.573 e. The fraction of sp³-hybridized carbons (Fsp3) is 0.227. The summed E-state index contributed by atoms with van der Waals surface area (Å²) >= 11 is 0. The van der Waals surface area contributed by atoms with Gasteiger partial charge in [-0.25, -0.2) is 8.78 Å². The van der Waals surface area contributed by atoms with Crippen molar-refractivity contribution in [3.8, 4) is 5.75 Å². The van der Waals surface area contributed by atoms with Crippen molar-refractivity contribution in [2.24, 2.45) is 0 Å². The van der Waals surface area contributed by atoms with Gasteiger partial charge in [-0.1, -0.05) is 6.07 Å². The Morgan fingerprint density at radius 3 is 2.53 bits per heavy atom. The number of benzene rings is 1. The zero-order chi connectivity index (χ0) is 24.5. The van der Waals surface area contributed by atoms with Crippen molar-refractivity contribution in [1.29, 1.82) is 0 Å². The molecule has 1 amide bonds. The Morgan fingerprint density at radius 2 is 1.91 bits per heavy atom. The molecule has 34 heavy (non-hydrogen) atoms. The van der Waals surface area contributed by atoms with Gasteiger partial charge in [0.25, 0.3) is 11.5 Å². The van der Waals surface area contributed by atoms with Crippen LogP contribution in [0.2, 0.25) is 0 Å². The second-order valence-electron chi connectivity index (χ2n) is 7.37. The van der Waals surface area contributed by atoms with Crippen LogP contribution in [0.15, 0.2) is 59.7 Å². The SMILES string of the molecule is O=C(N[C@@H](c1ccc(OC(F)(F)F)c(F)c1)c1ncccc1F)c1ccc(=O)n(C2COC2)c1. The maximum absolute atomic E-state index is 14.5. The molecule has 4 rings (SSSR count). The van der Waals surface area contributed by atoms with E-state index in [0.29, 0.717) is 19.3 Å². The molecule has 178 valence electrons. The van der Waals surface area contributed by atoms with Gasteiger partial charge in [0.2, 0.25) is 0 Å². The first-order valence-corrected chi connectivity index (χ1v) is 9.89. The van der Waals surface area contributed by atoms with E-state index in [9.17, 15) is 31.5 Å². The van der Waals surface area contributed by atoms with Gasteiger partial charge >= 0.3 is 6.36 Å². The smallest absolute Gasteiger partial charge is 0.403 e. The summed E-state index contributed by atoms with van der Waals surface area (Å²) in [6.07, 6.45) is -2.55. The lowest BCUT2D eigenvalue weighted by atomic mass is 10.0. The van der Waals surface area contributed by atoms with Crippen LogP contribution in [0, 0.1) is 11.6 Å². The Bertz CT molecular complexity index is 1270. The third-order valence-corrected chi connectivity index (χ3v) is 5.06. The normalized spacial score (nSPS) is 14.9. The summed E-state index contributed by atoms with van der Waals surface area (Å²) in [4.78, 5) is 29.0. The van der Waals surface area contributed by atoms with Crippen molar-refractivity contribution in [3.05, 3.63) is 93.7 Å². The number of alkyl halides is 3. The van der Waals surface area contributed by atoms with E-state index in [0.717, 1.165) is 18.2 Å². The van der Waals surface area contributed by atoms with Gasteiger partial charge in [-0.3, -0.25) is 14.6 Å². The molecule has 1 aliphatic rings. The van der Waals surface area contributed by atoms with Crippen molar-refractivity contribution in [2.75, 3.05) is 13.2 Å². The fourth-order valence-corrected chi connectivity index (χ4v) is 3.35. The summed E-state index contributed by atoms with van der Waals surface area (Å²) in [6.45, 7) is 0.608. The molecule has 0 spiro atoms. The Morgan fingerprint density at radius 1 is 1.15 bits per heavy atom. The predicted octanol–water partition coefficient (Wildman–Crippen LogP) is 3.51. The number of aromatic nitrogens is 2. The zero-order valence-electron chi connectivity index (χ0n) is 17.2. The van der Waals surface area contributed by atoms with Gasteiger partial charge in [0, 0.05) is 18.5 Å². The van der Waals surface area contributed by atoms with Crippen LogP contribution in [0.1, 0.15) is 33.7 Å². The zero-order valence-corrected chi connectivity index (χ0v) is 17.2. The van der Waals surface area contributed by atoms with Gasteiger partial charge in [0.1, 0.15) is 11.5 Å². The van der Waals surface area contributed by atoms with Gasteiger partial charge in [0.05, 0.1) is 30.9 Å². The van der Waals surface area contributed by atoms with Crippen LogP contribution in [-0.4, -0.2) is 35.0 Å². The molecule has 3 aromatic rings. The highest BCUT2D eigenvalue weighted by Gasteiger charge is 2.33. The van der Waals surface area contributed by atoms with E-state index in [2.05, 4.69) is 15.0 Å². The molecule has 12 heteroatoms. The molecule has 1 aliphatic heterocycles. The first-order valence-electron chi connectivity index (χ1n) is 9.89. The Labute approximate surface area is 188 Å². The second kappa shape index (κ2) is 9.21. The summed E-state index contributed by atoms with van der Waals surface area (Å²) in [7, 11) is 0. The highest BCUT2D eigenvalue weighted by molar-refractivity contribution is 5.94. The number of ether oxygens (including phenoxy) is 2. The molecule has 2 aromatic heterocycles. The quantitative estimate of drug-likeness (QED) is 0.545. The highest BCUT2D eigenvalue weighted by atomic mass is 19.4. The fourth-order valence-electron chi connectivity index (χ4n) is 3.35. The third kappa shape index (κ3) is 5.06. The number of nitrogens with one attached hydrogen (secondary N) is 1. The lowest BCUT2D eigenvalue weighted by Gasteiger charge is -2.28.